The van der Waals surface area contributed by atoms with Crippen LogP contribution in [0.1, 0.15) is 6.92 Å². The van der Waals surface area contributed by atoms with Crippen molar-refractivity contribution in [3.05, 3.63) is 40.7 Å². The van der Waals surface area contributed by atoms with Crippen molar-refractivity contribution >= 4 is 46.7 Å². The molecule has 3 aromatic rings. The molecular formula is C14H12Cl2N6O2S. The number of nitrogens with one attached hydrogen (secondary N) is 1. The zero-order chi connectivity index (χ0) is 18.0. The van der Waals surface area contributed by atoms with Gasteiger partial charge in [0.05, 0.1) is 21.6 Å². The van der Waals surface area contributed by atoms with Crippen LogP contribution in [0.15, 0.2) is 40.2 Å². The van der Waals surface area contributed by atoms with E-state index >= 15 is 0 Å². The molecule has 3 aromatic heterocycles. The number of hydrogen-bond acceptors (Lipinski definition) is 7. The van der Waals surface area contributed by atoms with Gasteiger partial charge in [-0.3, -0.25) is 4.79 Å². The molecule has 0 saturated carbocycles. The number of halogens is 2. The first-order chi connectivity index (χ1) is 12.0. The fourth-order valence-electron chi connectivity index (χ4n) is 1.87. The summed E-state index contributed by atoms with van der Waals surface area (Å²) in [6.07, 6.45) is 2.91. The van der Waals surface area contributed by atoms with Gasteiger partial charge in [-0.15, -0.1) is 10.2 Å². The van der Waals surface area contributed by atoms with Crippen molar-refractivity contribution in [1.29, 1.82) is 0 Å². The number of nitrogen functional groups attached to an aromatic ring is 1. The lowest BCUT2D eigenvalue weighted by atomic mass is 10.4. The maximum absolute atomic E-state index is 12.3. The third kappa shape index (κ3) is 3.89. The summed E-state index contributed by atoms with van der Waals surface area (Å²) in [4.78, 5) is 16.3. The third-order valence-corrected chi connectivity index (χ3v) is 4.66. The lowest BCUT2D eigenvalue weighted by Crippen LogP contribution is -2.24. The number of pyridine rings is 1. The van der Waals surface area contributed by atoms with Crippen LogP contribution in [0.2, 0.25) is 10.0 Å². The number of thioether (sulfide) groups is 1. The molecule has 3 rings (SSSR count). The second kappa shape index (κ2) is 7.34. The number of aromatic nitrogens is 4. The van der Waals surface area contributed by atoms with Gasteiger partial charge in [-0.2, -0.15) is 0 Å². The van der Waals surface area contributed by atoms with Gasteiger partial charge < -0.3 is 15.6 Å². The average molecular weight is 399 g/mol. The fraction of sp³-hybridized carbons (Fsp3) is 0.143. The Balaban J connectivity index is 1.69. The number of rotatable bonds is 5. The number of hydrogen-bond donors (Lipinski definition) is 2. The van der Waals surface area contributed by atoms with Gasteiger partial charge in [-0.25, -0.2) is 9.66 Å². The van der Waals surface area contributed by atoms with Crippen LogP contribution in [0.5, 0.6) is 0 Å². The van der Waals surface area contributed by atoms with Gasteiger partial charge in [-0.1, -0.05) is 35.0 Å². The Hall–Kier alpha value is -2.23. The summed E-state index contributed by atoms with van der Waals surface area (Å²) in [6, 6.07) is 4.93. The quantitative estimate of drug-likeness (QED) is 0.501. The van der Waals surface area contributed by atoms with Gasteiger partial charge >= 0.3 is 0 Å². The minimum absolute atomic E-state index is 0.231. The molecule has 0 aromatic carbocycles. The van der Waals surface area contributed by atoms with Crippen LogP contribution in [0.25, 0.3) is 11.6 Å². The Morgan fingerprint density at radius 1 is 1.44 bits per heavy atom. The summed E-state index contributed by atoms with van der Waals surface area (Å²) in [5.41, 5.74) is 0. The van der Waals surface area contributed by atoms with Crippen molar-refractivity contribution in [2.45, 2.75) is 17.3 Å². The van der Waals surface area contributed by atoms with Gasteiger partial charge in [0.25, 0.3) is 0 Å². The predicted molar refractivity (Wildman–Crippen MR) is 96.1 cm³/mol. The maximum atomic E-state index is 12.3. The monoisotopic (exact) mass is 398 g/mol. The normalized spacial score (nSPS) is 12.1. The molecule has 0 aliphatic rings. The molecule has 0 radical (unpaired) electrons. The average Bonchev–Trinajstić information content (AvgIpc) is 3.20. The predicted octanol–water partition coefficient (Wildman–Crippen LogP) is 3.07. The number of anilines is 1. The van der Waals surface area contributed by atoms with Crippen molar-refractivity contribution in [2.24, 2.45) is 0 Å². The summed E-state index contributed by atoms with van der Waals surface area (Å²) in [7, 11) is 0. The molecule has 130 valence electrons. The van der Waals surface area contributed by atoms with Gasteiger partial charge in [-0.05, 0) is 25.1 Å². The van der Waals surface area contributed by atoms with E-state index < -0.39 is 5.25 Å². The molecule has 0 spiro atoms. The van der Waals surface area contributed by atoms with E-state index in [1.165, 1.54) is 23.2 Å². The molecule has 0 aliphatic heterocycles. The van der Waals surface area contributed by atoms with Crippen molar-refractivity contribution in [1.82, 2.24) is 19.9 Å². The van der Waals surface area contributed by atoms with Crippen LogP contribution >= 0.6 is 35.0 Å². The van der Waals surface area contributed by atoms with E-state index in [0.717, 1.165) is 11.8 Å². The Kier molecular flexibility index (Phi) is 5.16. The molecule has 0 fully saturated rings. The standard InChI is InChI=1S/C14H12Cl2N6O2S/c1-7(13(23)19-11-9(16)5-8(15)6-18-11)25-14-21-20-12(22(14)17)10-3-2-4-24-10/h2-7H,17H2,1H3,(H,18,19,23)/t7-/m1/s1. The molecule has 11 heteroatoms. The van der Waals surface area contributed by atoms with Crippen LogP contribution < -0.4 is 11.2 Å². The number of carbonyl (C=O) groups is 1. The molecule has 0 unspecified atom stereocenters. The van der Waals surface area contributed by atoms with Crippen LogP contribution in [0.3, 0.4) is 0 Å². The molecular weight excluding hydrogens is 387 g/mol. The van der Waals surface area contributed by atoms with Crippen molar-refractivity contribution in [3.8, 4) is 11.6 Å². The highest BCUT2D eigenvalue weighted by molar-refractivity contribution is 8.00. The minimum atomic E-state index is -0.524. The number of carbonyl (C=O) groups excluding carboxylic acids is 1. The molecule has 8 nitrogen and oxygen atoms in total. The first kappa shape index (κ1) is 17.6. The highest BCUT2D eigenvalue weighted by Crippen LogP contribution is 2.27. The molecule has 3 N–H and O–H groups in total. The van der Waals surface area contributed by atoms with Gasteiger partial charge in [0.15, 0.2) is 11.6 Å². The second-order valence-corrected chi connectivity index (χ2v) is 7.04. The molecule has 1 atom stereocenters. The summed E-state index contributed by atoms with van der Waals surface area (Å²) in [6.45, 7) is 1.70. The first-order valence-corrected chi connectivity index (χ1v) is 8.62. The summed E-state index contributed by atoms with van der Waals surface area (Å²) in [5, 5.41) is 11.1. The van der Waals surface area contributed by atoms with Crippen molar-refractivity contribution < 1.29 is 9.21 Å². The molecule has 1 amide bonds. The van der Waals surface area contributed by atoms with Crippen molar-refractivity contribution in [3.63, 3.8) is 0 Å². The largest absolute Gasteiger partial charge is 0.461 e. The lowest BCUT2D eigenvalue weighted by molar-refractivity contribution is -0.115. The van der Waals surface area contributed by atoms with E-state index in [9.17, 15) is 4.79 Å². The Bertz CT molecular complexity index is 899. The van der Waals surface area contributed by atoms with Crippen LogP contribution in [0, 0.1) is 0 Å². The summed E-state index contributed by atoms with van der Waals surface area (Å²) in [5.74, 6) is 6.73. The van der Waals surface area contributed by atoms with Gasteiger partial charge in [0.2, 0.25) is 16.9 Å². The number of furan rings is 1. The zero-order valence-electron chi connectivity index (χ0n) is 12.8. The molecule has 3 heterocycles. The van der Waals surface area contributed by atoms with E-state index in [0.29, 0.717) is 21.8 Å². The summed E-state index contributed by atoms with van der Waals surface area (Å²) < 4.78 is 6.51. The van der Waals surface area contributed by atoms with Gasteiger partial charge in [0, 0.05) is 6.20 Å². The smallest absolute Gasteiger partial charge is 0.238 e. The summed E-state index contributed by atoms with van der Waals surface area (Å²) >= 11 is 12.9. The highest BCUT2D eigenvalue weighted by atomic mass is 35.5. The van der Waals surface area contributed by atoms with E-state index in [1.54, 1.807) is 19.1 Å². The Morgan fingerprint density at radius 3 is 2.92 bits per heavy atom. The lowest BCUT2D eigenvalue weighted by Gasteiger charge is -2.11. The minimum Gasteiger partial charge on any atom is -0.461 e. The maximum Gasteiger partial charge on any atom is 0.238 e. The van der Waals surface area contributed by atoms with E-state index in [1.807, 2.05) is 0 Å². The SMILES string of the molecule is C[C@@H](Sc1nnc(-c2ccco2)n1N)C(=O)Nc1ncc(Cl)cc1Cl. The zero-order valence-corrected chi connectivity index (χ0v) is 15.1. The van der Waals surface area contributed by atoms with Gasteiger partial charge in [0.1, 0.15) is 0 Å². The fourth-order valence-corrected chi connectivity index (χ4v) is 3.07. The number of nitrogens with two attached hydrogens (primary N) is 1. The van der Waals surface area contributed by atoms with E-state index in [4.69, 9.17) is 33.5 Å². The molecule has 0 aliphatic carbocycles. The topological polar surface area (TPSA) is 112 Å². The van der Waals surface area contributed by atoms with Crippen molar-refractivity contribution in [2.75, 3.05) is 11.2 Å². The van der Waals surface area contributed by atoms with Crippen LogP contribution in [0.4, 0.5) is 5.82 Å². The van der Waals surface area contributed by atoms with E-state index in [-0.39, 0.29) is 16.7 Å². The Morgan fingerprint density at radius 2 is 2.24 bits per heavy atom. The number of nitrogens with zero attached hydrogens (tertiary/aromatic N) is 4. The van der Waals surface area contributed by atoms with E-state index in [2.05, 4.69) is 20.5 Å². The van der Waals surface area contributed by atoms with Crippen LogP contribution in [-0.2, 0) is 4.79 Å². The first-order valence-electron chi connectivity index (χ1n) is 6.98. The highest BCUT2D eigenvalue weighted by Gasteiger charge is 2.21. The molecule has 0 bridgehead atoms. The van der Waals surface area contributed by atoms with Crippen LogP contribution in [-0.4, -0.2) is 31.0 Å². The third-order valence-electron chi connectivity index (χ3n) is 3.11. The Labute approximate surface area is 156 Å². The molecule has 25 heavy (non-hydrogen) atoms. The number of amides is 1. The molecule has 0 saturated heterocycles. The second-order valence-electron chi connectivity index (χ2n) is 4.89.